The molecule has 0 spiro atoms. The number of hydrogen-bond acceptors (Lipinski definition) is 5. The number of amides is 1. The number of carbonyl (C=O) groups excluding carboxylic acids is 1. The molecule has 0 saturated heterocycles. The fourth-order valence-electron chi connectivity index (χ4n) is 2.97. The number of furan rings is 1. The van der Waals surface area contributed by atoms with Gasteiger partial charge in [0.2, 0.25) is 0 Å². The molecule has 0 aliphatic heterocycles. The lowest BCUT2D eigenvalue weighted by Crippen LogP contribution is -2.16. The minimum absolute atomic E-state index is 0.187. The Hall–Kier alpha value is -3.58. The van der Waals surface area contributed by atoms with E-state index in [1.165, 1.54) is 6.21 Å². The average molecular weight is 479 g/mol. The number of hydrazone groups is 1. The van der Waals surface area contributed by atoms with E-state index in [4.69, 9.17) is 13.9 Å². The molecule has 0 fully saturated rings. The van der Waals surface area contributed by atoms with E-state index in [1.807, 2.05) is 54.6 Å². The van der Waals surface area contributed by atoms with E-state index in [0.29, 0.717) is 23.7 Å². The maximum Gasteiger partial charge on any atom is 0.307 e. The van der Waals surface area contributed by atoms with Gasteiger partial charge in [-0.05, 0) is 53.6 Å². The zero-order chi connectivity index (χ0) is 21.6. The van der Waals surface area contributed by atoms with Crippen molar-refractivity contribution in [2.45, 2.75) is 6.61 Å². The van der Waals surface area contributed by atoms with Gasteiger partial charge in [-0.15, -0.1) is 0 Å². The van der Waals surface area contributed by atoms with Crippen LogP contribution in [0.25, 0.3) is 11.0 Å². The van der Waals surface area contributed by atoms with E-state index in [1.54, 1.807) is 25.3 Å². The predicted molar refractivity (Wildman–Crippen MR) is 123 cm³/mol. The molecule has 0 aliphatic rings. The van der Waals surface area contributed by atoms with Crippen molar-refractivity contribution in [3.05, 3.63) is 94.2 Å². The first-order chi connectivity index (χ1) is 15.1. The molecule has 1 aromatic heterocycles. The van der Waals surface area contributed by atoms with Crippen LogP contribution in [-0.2, 0) is 6.61 Å². The van der Waals surface area contributed by atoms with E-state index < -0.39 is 5.91 Å². The molecule has 1 amide bonds. The number of halogens is 1. The first-order valence-corrected chi connectivity index (χ1v) is 10.3. The summed E-state index contributed by atoms with van der Waals surface area (Å²) in [5, 5.41) is 4.85. The van der Waals surface area contributed by atoms with E-state index in [2.05, 4.69) is 26.5 Å². The Morgan fingerprint density at radius 1 is 1.06 bits per heavy atom. The topological polar surface area (TPSA) is 73.1 Å². The molecule has 4 rings (SSSR count). The second-order valence-corrected chi connectivity index (χ2v) is 7.59. The van der Waals surface area contributed by atoms with Crippen molar-refractivity contribution in [1.82, 2.24) is 5.43 Å². The van der Waals surface area contributed by atoms with Crippen LogP contribution in [0.5, 0.6) is 11.5 Å². The molecule has 0 aliphatic carbocycles. The van der Waals surface area contributed by atoms with E-state index in [-0.39, 0.29) is 5.76 Å². The van der Waals surface area contributed by atoms with Crippen molar-refractivity contribution in [3.63, 3.8) is 0 Å². The maximum atomic E-state index is 12.3. The smallest absolute Gasteiger partial charge is 0.307 e. The van der Waals surface area contributed by atoms with Crippen molar-refractivity contribution in [3.8, 4) is 11.5 Å². The number of benzene rings is 3. The van der Waals surface area contributed by atoms with Gasteiger partial charge in [0.05, 0.1) is 13.3 Å². The quantitative estimate of drug-likeness (QED) is 0.279. The summed E-state index contributed by atoms with van der Waals surface area (Å²) in [5.41, 5.74) is 4.92. The van der Waals surface area contributed by atoms with Gasteiger partial charge in [-0.1, -0.05) is 46.3 Å². The van der Waals surface area contributed by atoms with Gasteiger partial charge in [0.15, 0.2) is 17.3 Å². The molecule has 156 valence electrons. The summed E-state index contributed by atoms with van der Waals surface area (Å²) >= 11 is 3.40. The van der Waals surface area contributed by atoms with Crippen molar-refractivity contribution in [1.29, 1.82) is 0 Å². The molecular formula is C24H19BrN2O4. The zero-order valence-corrected chi connectivity index (χ0v) is 18.3. The van der Waals surface area contributed by atoms with Crippen molar-refractivity contribution in [2.24, 2.45) is 5.10 Å². The monoisotopic (exact) mass is 478 g/mol. The highest BCUT2D eigenvalue weighted by Crippen LogP contribution is 2.28. The van der Waals surface area contributed by atoms with E-state index in [0.717, 1.165) is 21.0 Å². The Morgan fingerprint density at radius 3 is 2.71 bits per heavy atom. The summed E-state index contributed by atoms with van der Waals surface area (Å²) in [6.45, 7) is 0.439. The number of fused-ring (bicyclic) bond motifs is 1. The molecule has 0 bridgehead atoms. The number of carbonyl (C=O) groups is 1. The van der Waals surface area contributed by atoms with Crippen LogP contribution in [0.4, 0.5) is 0 Å². The van der Waals surface area contributed by atoms with Gasteiger partial charge in [-0.25, -0.2) is 5.43 Å². The van der Waals surface area contributed by atoms with Gasteiger partial charge in [0.1, 0.15) is 12.2 Å². The van der Waals surface area contributed by atoms with E-state index >= 15 is 0 Å². The Labute approximate surface area is 187 Å². The van der Waals surface area contributed by atoms with Gasteiger partial charge in [0.25, 0.3) is 0 Å². The van der Waals surface area contributed by atoms with Gasteiger partial charge in [-0.3, -0.25) is 4.79 Å². The van der Waals surface area contributed by atoms with Crippen molar-refractivity contribution >= 4 is 39.0 Å². The van der Waals surface area contributed by atoms with Crippen molar-refractivity contribution in [2.75, 3.05) is 7.11 Å². The molecule has 7 heteroatoms. The highest BCUT2D eigenvalue weighted by Gasteiger charge is 2.12. The van der Waals surface area contributed by atoms with Gasteiger partial charge < -0.3 is 13.9 Å². The number of nitrogens with zero attached hydrogens (tertiary/aromatic N) is 1. The average Bonchev–Trinajstić information content (AvgIpc) is 3.22. The lowest BCUT2D eigenvalue weighted by Gasteiger charge is -2.11. The van der Waals surface area contributed by atoms with Crippen LogP contribution in [0.1, 0.15) is 21.7 Å². The fourth-order valence-corrected chi connectivity index (χ4v) is 3.34. The van der Waals surface area contributed by atoms with Gasteiger partial charge >= 0.3 is 5.91 Å². The summed E-state index contributed by atoms with van der Waals surface area (Å²) in [7, 11) is 1.58. The molecule has 0 saturated carbocycles. The summed E-state index contributed by atoms with van der Waals surface area (Å²) in [5.74, 6) is 0.959. The first-order valence-electron chi connectivity index (χ1n) is 9.49. The zero-order valence-electron chi connectivity index (χ0n) is 16.7. The van der Waals surface area contributed by atoms with Gasteiger partial charge in [-0.2, -0.15) is 5.10 Å². The molecule has 3 aromatic carbocycles. The Bertz CT molecular complexity index is 1240. The number of nitrogens with one attached hydrogen (secondary N) is 1. The number of ether oxygens (including phenoxy) is 2. The van der Waals surface area contributed by atoms with Crippen LogP contribution >= 0.6 is 15.9 Å². The van der Waals surface area contributed by atoms with Crippen LogP contribution in [0.3, 0.4) is 0 Å². The third-order valence-corrected chi connectivity index (χ3v) is 5.00. The molecular weight excluding hydrogens is 460 g/mol. The maximum absolute atomic E-state index is 12.3. The SMILES string of the molecule is COc1cc(/C=N/NC(=O)c2cc3cc(Br)ccc3o2)ccc1OCc1ccccc1. The van der Waals surface area contributed by atoms with Crippen LogP contribution in [0.15, 0.2) is 86.8 Å². The molecule has 0 radical (unpaired) electrons. The van der Waals surface area contributed by atoms with Gasteiger partial charge in [0, 0.05) is 9.86 Å². The lowest BCUT2D eigenvalue weighted by atomic mass is 10.2. The Balaban J connectivity index is 1.40. The number of rotatable bonds is 7. The largest absolute Gasteiger partial charge is 0.493 e. The van der Waals surface area contributed by atoms with E-state index in [9.17, 15) is 4.79 Å². The molecule has 6 nitrogen and oxygen atoms in total. The highest BCUT2D eigenvalue weighted by molar-refractivity contribution is 9.10. The summed E-state index contributed by atoms with van der Waals surface area (Å²) in [4.78, 5) is 12.3. The summed E-state index contributed by atoms with van der Waals surface area (Å²) < 4.78 is 17.7. The van der Waals surface area contributed by atoms with Crippen LogP contribution in [-0.4, -0.2) is 19.2 Å². The molecule has 1 N–H and O–H groups in total. The Kier molecular flexibility index (Phi) is 6.33. The molecule has 0 atom stereocenters. The minimum Gasteiger partial charge on any atom is -0.493 e. The fraction of sp³-hybridized carbons (Fsp3) is 0.0833. The van der Waals surface area contributed by atoms with Crippen LogP contribution < -0.4 is 14.9 Å². The highest BCUT2D eigenvalue weighted by atomic mass is 79.9. The number of methoxy groups -OCH3 is 1. The normalized spacial score (nSPS) is 11.0. The standard InChI is InChI=1S/C24H19BrN2O4/c1-29-22-11-17(7-9-21(22)30-15-16-5-3-2-4-6-16)14-26-27-24(28)23-13-18-12-19(25)8-10-20(18)31-23/h2-14H,15H2,1H3,(H,27,28)/b26-14+. The third-order valence-electron chi connectivity index (χ3n) is 4.51. The lowest BCUT2D eigenvalue weighted by molar-refractivity contribution is 0.0929. The predicted octanol–water partition coefficient (Wildman–Crippen LogP) is 5.55. The minimum atomic E-state index is -0.432. The summed E-state index contributed by atoms with van der Waals surface area (Å²) in [6, 6.07) is 22.5. The second-order valence-electron chi connectivity index (χ2n) is 6.68. The number of hydrogen-bond donors (Lipinski definition) is 1. The second kappa shape index (κ2) is 9.49. The first kappa shape index (κ1) is 20.7. The van der Waals surface area contributed by atoms with Crippen LogP contribution in [0.2, 0.25) is 0 Å². The molecule has 31 heavy (non-hydrogen) atoms. The molecule has 0 unspecified atom stereocenters. The van der Waals surface area contributed by atoms with Crippen LogP contribution in [0, 0.1) is 0 Å². The molecule has 4 aromatic rings. The molecule has 1 heterocycles. The summed E-state index contributed by atoms with van der Waals surface area (Å²) in [6.07, 6.45) is 1.53. The van der Waals surface area contributed by atoms with Crippen molar-refractivity contribution < 1.29 is 18.7 Å². The Morgan fingerprint density at radius 2 is 1.90 bits per heavy atom. The third kappa shape index (κ3) is 5.13.